The molecule has 0 bridgehead atoms. The van der Waals surface area contributed by atoms with Gasteiger partial charge in [0.2, 0.25) is 0 Å². The second kappa shape index (κ2) is 5.99. The van der Waals surface area contributed by atoms with Crippen LogP contribution < -0.4 is 0 Å². The van der Waals surface area contributed by atoms with E-state index in [2.05, 4.69) is 22.2 Å². The van der Waals surface area contributed by atoms with Crippen LogP contribution in [-0.2, 0) is 12.3 Å². The monoisotopic (exact) mass is 258 g/mol. The molecule has 1 saturated heterocycles. The zero-order valence-corrected chi connectivity index (χ0v) is 11.4. The third-order valence-corrected chi connectivity index (χ3v) is 4.56. The van der Waals surface area contributed by atoms with E-state index >= 15 is 0 Å². The lowest BCUT2D eigenvalue weighted by Gasteiger charge is -2.14. The minimum Gasteiger partial charge on any atom is -0.303 e. The van der Waals surface area contributed by atoms with Crippen molar-refractivity contribution in [1.82, 2.24) is 9.88 Å². The van der Waals surface area contributed by atoms with Crippen LogP contribution in [0.2, 0.25) is 0 Å². The van der Waals surface area contributed by atoms with Crippen molar-refractivity contribution < 1.29 is 0 Å². The first-order chi connectivity index (χ1) is 7.81. The molecular formula is C12H19ClN2S. The normalized spacial score (nSPS) is 21.8. The molecular weight excluding hydrogens is 240 g/mol. The Morgan fingerprint density at radius 2 is 2.50 bits per heavy atom. The Balaban J connectivity index is 1.75. The number of rotatable bonds is 5. The van der Waals surface area contributed by atoms with E-state index in [-0.39, 0.29) is 0 Å². The van der Waals surface area contributed by atoms with Gasteiger partial charge in [-0.1, -0.05) is 13.3 Å². The van der Waals surface area contributed by atoms with Crippen molar-refractivity contribution in [3.05, 3.63) is 16.1 Å². The summed E-state index contributed by atoms with van der Waals surface area (Å²) in [6, 6.07) is 0. The van der Waals surface area contributed by atoms with Gasteiger partial charge in [-0.05, 0) is 18.9 Å². The second-order valence-corrected chi connectivity index (χ2v) is 5.69. The lowest BCUT2D eigenvalue weighted by Crippen LogP contribution is -2.23. The van der Waals surface area contributed by atoms with E-state index in [4.69, 9.17) is 11.6 Å². The van der Waals surface area contributed by atoms with Crippen molar-refractivity contribution in [2.75, 3.05) is 19.6 Å². The number of nitrogens with zero attached hydrogens (tertiary/aromatic N) is 2. The predicted octanol–water partition coefficient (Wildman–Crippen LogP) is 3.16. The lowest BCUT2D eigenvalue weighted by atomic mass is 10.1. The van der Waals surface area contributed by atoms with Crippen molar-refractivity contribution >= 4 is 22.9 Å². The molecule has 2 nitrogen and oxygen atoms in total. The number of halogens is 1. The van der Waals surface area contributed by atoms with Crippen LogP contribution in [0.1, 0.15) is 30.5 Å². The van der Waals surface area contributed by atoms with Crippen LogP contribution in [-0.4, -0.2) is 29.5 Å². The standard InChI is InChI=1S/C12H19ClN2S/c1-2-10-3-5-15(8-10)6-4-12-14-11(7-13)9-16-12/h9-10H,2-8H2,1H3. The second-order valence-electron chi connectivity index (χ2n) is 4.48. The van der Waals surface area contributed by atoms with Gasteiger partial charge in [0.05, 0.1) is 16.6 Å². The average molecular weight is 259 g/mol. The summed E-state index contributed by atoms with van der Waals surface area (Å²) in [5.74, 6) is 1.47. The van der Waals surface area contributed by atoms with Gasteiger partial charge in [0.1, 0.15) is 0 Å². The van der Waals surface area contributed by atoms with Crippen molar-refractivity contribution in [2.45, 2.75) is 32.1 Å². The molecule has 1 aromatic rings. The van der Waals surface area contributed by atoms with Crippen LogP contribution in [0, 0.1) is 5.92 Å². The van der Waals surface area contributed by atoms with Crippen LogP contribution >= 0.6 is 22.9 Å². The van der Waals surface area contributed by atoms with Crippen LogP contribution in [0.25, 0.3) is 0 Å². The summed E-state index contributed by atoms with van der Waals surface area (Å²) in [7, 11) is 0. The first-order valence-electron chi connectivity index (χ1n) is 6.03. The van der Waals surface area contributed by atoms with Gasteiger partial charge in [0.25, 0.3) is 0 Å². The van der Waals surface area contributed by atoms with Gasteiger partial charge < -0.3 is 4.90 Å². The van der Waals surface area contributed by atoms with E-state index in [1.807, 2.05) is 0 Å². The molecule has 1 unspecified atom stereocenters. The summed E-state index contributed by atoms with van der Waals surface area (Å²) in [6.45, 7) is 6.00. The summed E-state index contributed by atoms with van der Waals surface area (Å²) in [5, 5.41) is 3.30. The molecule has 0 amide bonds. The number of thiazole rings is 1. The van der Waals surface area contributed by atoms with Gasteiger partial charge in [0.15, 0.2) is 0 Å². The molecule has 0 aromatic carbocycles. The summed E-state index contributed by atoms with van der Waals surface area (Å²) in [4.78, 5) is 7.05. The first-order valence-corrected chi connectivity index (χ1v) is 7.44. The van der Waals surface area contributed by atoms with Gasteiger partial charge in [-0.15, -0.1) is 22.9 Å². The molecule has 0 spiro atoms. The summed E-state index contributed by atoms with van der Waals surface area (Å²) in [6.07, 6.45) is 3.78. The molecule has 0 N–H and O–H groups in total. The molecule has 1 fully saturated rings. The van der Waals surface area contributed by atoms with E-state index in [1.54, 1.807) is 11.3 Å². The minimum absolute atomic E-state index is 0.540. The molecule has 0 aliphatic carbocycles. The number of likely N-dealkylation sites (tertiary alicyclic amines) is 1. The summed E-state index contributed by atoms with van der Waals surface area (Å²) < 4.78 is 0. The highest BCUT2D eigenvalue weighted by molar-refractivity contribution is 7.09. The van der Waals surface area contributed by atoms with Crippen molar-refractivity contribution in [3.63, 3.8) is 0 Å². The van der Waals surface area contributed by atoms with Gasteiger partial charge in [-0.3, -0.25) is 0 Å². The van der Waals surface area contributed by atoms with Crippen LogP contribution in [0.15, 0.2) is 5.38 Å². The Hall–Kier alpha value is -0.120. The van der Waals surface area contributed by atoms with Crippen molar-refractivity contribution in [1.29, 1.82) is 0 Å². The van der Waals surface area contributed by atoms with E-state index in [1.165, 1.54) is 30.9 Å². The Labute approximate surface area is 107 Å². The fourth-order valence-corrected chi connectivity index (χ4v) is 3.24. The first kappa shape index (κ1) is 12.3. The van der Waals surface area contributed by atoms with E-state index in [0.717, 1.165) is 24.6 Å². The molecule has 2 rings (SSSR count). The quantitative estimate of drug-likeness (QED) is 0.755. The van der Waals surface area contributed by atoms with Crippen molar-refractivity contribution in [2.24, 2.45) is 5.92 Å². The Morgan fingerprint density at radius 3 is 3.12 bits per heavy atom. The van der Waals surface area contributed by atoms with Gasteiger partial charge in [-0.25, -0.2) is 4.98 Å². The molecule has 1 aliphatic heterocycles. The zero-order valence-electron chi connectivity index (χ0n) is 9.79. The van der Waals surface area contributed by atoms with E-state index in [9.17, 15) is 0 Å². The van der Waals surface area contributed by atoms with Crippen LogP contribution in [0.4, 0.5) is 0 Å². The summed E-state index contributed by atoms with van der Waals surface area (Å²) >= 11 is 7.48. The Bertz CT molecular complexity index is 327. The maximum absolute atomic E-state index is 5.74. The largest absolute Gasteiger partial charge is 0.303 e. The van der Waals surface area contributed by atoms with Crippen LogP contribution in [0.3, 0.4) is 0 Å². The highest BCUT2D eigenvalue weighted by Gasteiger charge is 2.20. The van der Waals surface area contributed by atoms with Crippen LogP contribution in [0.5, 0.6) is 0 Å². The van der Waals surface area contributed by atoms with Gasteiger partial charge >= 0.3 is 0 Å². The van der Waals surface area contributed by atoms with E-state index < -0.39 is 0 Å². The minimum atomic E-state index is 0.540. The molecule has 0 radical (unpaired) electrons. The third kappa shape index (κ3) is 3.19. The maximum Gasteiger partial charge on any atom is 0.0941 e. The third-order valence-electron chi connectivity index (χ3n) is 3.33. The fourth-order valence-electron chi connectivity index (χ4n) is 2.23. The molecule has 2 heterocycles. The topological polar surface area (TPSA) is 16.1 Å². The number of aromatic nitrogens is 1. The number of hydrogen-bond acceptors (Lipinski definition) is 3. The molecule has 0 saturated carbocycles. The SMILES string of the molecule is CCC1CCN(CCc2nc(CCl)cs2)C1. The molecule has 1 atom stereocenters. The smallest absolute Gasteiger partial charge is 0.0941 e. The molecule has 1 aromatic heterocycles. The molecule has 16 heavy (non-hydrogen) atoms. The van der Waals surface area contributed by atoms with Crippen molar-refractivity contribution in [3.8, 4) is 0 Å². The maximum atomic E-state index is 5.74. The van der Waals surface area contributed by atoms with E-state index in [0.29, 0.717) is 5.88 Å². The lowest BCUT2D eigenvalue weighted by molar-refractivity contribution is 0.326. The number of hydrogen-bond donors (Lipinski definition) is 0. The predicted molar refractivity (Wildman–Crippen MR) is 70.2 cm³/mol. The highest BCUT2D eigenvalue weighted by atomic mass is 35.5. The average Bonchev–Trinajstić information content (AvgIpc) is 2.95. The molecule has 1 aliphatic rings. The Morgan fingerprint density at radius 1 is 1.62 bits per heavy atom. The molecule has 4 heteroatoms. The fraction of sp³-hybridized carbons (Fsp3) is 0.750. The Kier molecular flexibility index (Phi) is 4.62. The zero-order chi connectivity index (χ0) is 11.4. The highest BCUT2D eigenvalue weighted by Crippen LogP contribution is 2.20. The van der Waals surface area contributed by atoms with Gasteiger partial charge in [0, 0.05) is 24.9 Å². The van der Waals surface area contributed by atoms with Gasteiger partial charge in [-0.2, -0.15) is 0 Å². The summed E-state index contributed by atoms with van der Waals surface area (Å²) in [5.41, 5.74) is 1.02. The number of alkyl halides is 1. The molecule has 90 valence electrons.